The van der Waals surface area contributed by atoms with E-state index in [4.69, 9.17) is 0 Å². The van der Waals surface area contributed by atoms with Crippen molar-refractivity contribution >= 4 is 11.5 Å². The zero-order chi connectivity index (χ0) is 13.5. The number of imidazole rings is 1. The third-order valence-electron chi connectivity index (χ3n) is 3.97. The van der Waals surface area contributed by atoms with E-state index in [2.05, 4.69) is 35.2 Å². The van der Waals surface area contributed by atoms with Crippen molar-refractivity contribution in [1.29, 1.82) is 0 Å². The Morgan fingerprint density at radius 1 is 1.32 bits per heavy atom. The topological polar surface area (TPSA) is 57.8 Å². The Labute approximate surface area is 113 Å². The van der Waals surface area contributed by atoms with Gasteiger partial charge in [0.15, 0.2) is 0 Å². The van der Waals surface area contributed by atoms with Gasteiger partial charge in [-0.1, -0.05) is 19.9 Å². The molecule has 1 amide bonds. The van der Waals surface area contributed by atoms with Gasteiger partial charge < -0.3 is 10.3 Å². The zero-order valence-corrected chi connectivity index (χ0v) is 11.7. The molecule has 0 saturated heterocycles. The predicted molar refractivity (Wildman–Crippen MR) is 74.9 cm³/mol. The van der Waals surface area contributed by atoms with Gasteiger partial charge in [0.2, 0.25) is 0 Å². The molecule has 0 spiro atoms. The first-order valence-electron chi connectivity index (χ1n) is 7.12. The van der Waals surface area contributed by atoms with E-state index in [1.807, 2.05) is 0 Å². The van der Waals surface area contributed by atoms with Crippen molar-refractivity contribution in [2.24, 2.45) is 5.41 Å². The molecule has 0 unspecified atom stereocenters. The van der Waals surface area contributed by atoms with Crippen LogP contribution < -0.4 is 5.32 Å². The molecule has 3 rings (SSSR count). The van der Waals surface area contributed by atoms with Crippen molar-refractivity contribution in [1.82, 2.24) is 15.3 Å². The molecule has 2 heterocycles. The largest absolute Gasteiger partial charge is 0.350 e. The Hall–Kier alpha value is -1.58. The lowest BCUT2D eigenvalue weighted by Gasteiger charge is -2.21. The summed E-state index contributed by atoms with van der Waals surface area (Å²) in [6.07, 6.45) is 7.79. The second-order valence-electron chi connectivity index (χ2n) is 6.41. The molecular formula is C15H21N3O. The van der Waals surface area contributed by atoms with Crippen LogP contribution in [0.3, 0.4) is 0 Å². The van der Waals surface area contributed by atoms with Crippen molar-refractivity contribution in [3.8, 4) is 0 Å². The Morgan fingerprint density at radius 3 is 2.89 bits per heavy atom. The van der Waals surface area contributed by atoms with E-state index in [9.17, 15) is 4.79 Å². The van der Waals surface area contributed by atoms with Crippen LogP contribution in [0.4, 0.5) is 0 Å². The van der Waals surface area contributed by atoms with Crippen molar-refractivity contribution in [3.63, 3.8) is 0 Å². The van der Waals surface area contributed by atoms with E-state index >= 15 is 0 Å². The van der Waals surface area contributed by atoms with Gasteiger partial charge in [-0.15, -0.1) is 0 Å². The third-order valence-corrected chi connectivity index (χ3v) is 3.97. The fourth-order valence-corrected chi connectivity index (χ4v) is 2.87. The number of nitrogens with one attached hydrogen (secondary N) is 2. The first kappa shape index (κ1) is 12.5. The van der Waals surface area contributed by atoms with Gasteiger partial charge in [-0.25, -0.2) is 4.98 Å². The molecule has 1 aliphatic heterocycles. The summed E-state index contributed by atoms with van der Waals surface area (Å²) in [5.41, 5.74) is 2.92. The molecule has 102 valence electrons. The number of aromatic amines is 1. The average Bonchev–Trinajstić information content (AvgIpc) is 2.76. The molecule has 1 aliphatic carbocycles. The first-order chi connectivity index (χ1) is 9.05. The van der Waals surface area contributed by atoms with Crippen LogP contribution >= 0.6 is 0 Å². The molecule has 0 saturated carbocycles. The van der Waals surface area contributed by atoms with Gasteiger partial charge in [0, 0.05) is 12.2 Å². The molecule has 2 N–H and O–H groups in total. The normalized spacial score (nSPS) is 22.2. The van der Waals surface area contributed by atoms with E-state index in [0.717, 1.165) is 30.8 Å². The van der Waals surface area contributed by atoms with Gasteiger partial charge in [0.05, 0.1) is 0 Å². The van der Waals surface area contributed by atoms with E-state index in [1.54, 1.807) is 0 Å². The van der Waals surface area contributed by atoms with Crippen LogP contribution in [0.15, 0.2) is 6.08 Å². The molecule has 0 bridgehead atoms. The summed E-state index contributed by atoms with van der Waals surface area (Å²) >= 11 is 0. The number of amides is 1. The highest BCUT2D eigenvalue weighted by molar-refractivity contribution is 5.94. The van der Waals surface area contributed by atoms with E-state index in [0.29, 0.717) is 12.2 Å². The zero-order valence-electron chi connectivity index (χ0n) is 11.7. The van der Waals surface area contributed by atoms with Crippen LogP contribution in [-0.2, 0) is 6.42 Å². The lowest BCUT2D eigenvalue weighted by Crippen LogP contribution is -2.32. The maximum atomic E-state index is 12.1. The van der Waals surface area contributed by atoms with Crippen LogP contribution in [0.2, 0.25) is 0 Å². The van der Waals surface area contributed by atoms with Crippen molar-refractivity contribution in [2.75, 3.05) is 6.54 Å². The highest BCUT2D eigenvalue weighted by Gasteiger charge is 2.30. The molecule has 1 aromatic rings. The van der Waals surface area contributed by atoms with Gasteiger partial charge >= 0.3 is 0 Å². The molecule has 4 heteroatoms. The number of aromatic nitrogens is 2. The van der Waals surface area contributed by atoms with E-state index < -0.39 is 0 Å². The number of nitrogens with zero attached hydrogens (tertiary/aromatic N) is 1. The molecule has 0 radical (unpaired) electrons. The highest BCUT2D eigenvalue weighted by Crippen LogP contribution is 2.29. The van der Waals surface area contributed by atoms with Crippen molar-refractivity contribution in [2.45, 2.75) is 46.0 Å². The fourth-order valence-electron chi connectivity index (χ4n) is 2.87. The van der Waals surface area contributed by atoms with Crippen LogP contribution in [0.25, 0.3) is 5.57 Å². The average molecular weight is 259 g/mol. The molecule has 0 fully saturated rings. The number of hydrogen-bond donors (Lipinski definition) is 2. The number of fused-ring (bicyclic) bond motifs is 1. The second-order valence-corrected chi connectivity index (χ2v) is 6.41. The van der Waals surface area contributed by atoms with Crippen LogP contribution in [0.1, 0.15) is 61.5 Å². The van der Waals surface area contributed by atoms with Crippen molar-refractivity contribution < 1.29 is 4.79 Å². The van der Waals surface area contributed by atoms with Crippen LogP contribution in [-0.4, -0.2) is 22.4 Å². The third kappa shape index (κ3) is 2.44. The first-order valence-corrected chi connectivity index (χ1v) is 7.12. The summed E-state index contributed by atoms with van der Waals surface area (Å²) in [7, 11) is 0. The summed E-state index contributed by atoms with van der Waals surface area (Å²) in [4.78, 5) is 20.0. The monoisotopic (exact) mass is 259 g/mol. The number of allylic oxidation sites excluding steroid dienone is 2. The van der Waals surface area contributed by atoms with Crippen LogP contribution in [0.5, 0.6) is 0 Å². The number of rotatable bonds is 1. The van der Waals surface area contributed by atoms with Gasteiger partial charge in [-0.2, -0.15) is 0 Å². The molecule has 0 atom stereocenters. The highest BCUT2D eigenvalue weighted by atomic mass is 16.1. The minimum Gasteiger partial charge on any atom is -0.350 e. The Bertz CT molecular complexity index is 540. The Balaban J connectivity index is 1.97. The smallest absolute Gasteiger partial charge is 0.271 e. The van der Waals surface area contributed by atoms with Gasteiger partial charge in [0.1, 0.15) is 11.5 Å². The molecule has 19 heavy (non-hydrogen) atoms. The quantitative estimate of drug-likeness (QED) is 0.814. The van der Waals surface area contributed by atoms with Gasteiger partial charge in [0.25, 0.3) is 5.91 Å². The molecule has 1 aromatic heterocycles. The number of carbonyl (C=O) groups excluding carboxylic acids is 1. The number of H-pyrrole nitrogens is 1. The van der Waals surface area contributed by atoms with Crippen LogP contribution in [0, 0.1) is 5.41 Å². The lowest BCUT2D eigenvalue weighted by molar-refractivity contribution is 0.0940. The van der Waals surface area contributed by atoms with E-state index in [1.165, 1.54) is 18.4 Å². The lowest BCUT2D eigenvalue weighted by atomic mass is 9.88. The maximum absolute atomic E-state index is 12.1. The summed E-state index contributed by atoms with van der Waals surface area (Å²) in [6.45, 7) is 5.04. The van der Waals surface area contributed by atoms with Gasteiger partial charge in [-0.3, -0.25) is 4.79 Å². The predicted octanol–water partition coefficient (Wildman–Crippen LogP) is 2.68. The standard InChI is InChI=1S/C15H21N3O/c1-15(2)8-11-12(14(19)16-9-15)18-13(17-11)10-6-4-3-5-7-10/h6H,3-5,7-9H2,1-2H3,(H,16,19)(H,17,18). The minimum atomic E-state index is -0.0421. The maximum Gasteiger partial charge on any atom is 0.271 e. The summed E-state index contributed by atoms with van der Waals surface area (Å²) < 4.78 is 0. The fraction of sp³-hybridized carbons (Fsp3) is 0.600. The summed E-state index contributed by atoms with van der Waals surface area (Å²) in [6, 6.07) is 0. The number of hydrogen-bond acceptors (Lipinski definition) is 2. The Kier molecular flexibility index (Phi) is 2.96. The van der Waals surface area contributed by atoms with Crippen molar-refractivity contribution in [3.05, 3.63) is 23.3 Å². The summed E-state index contributed by atoms with van der Waals surface area (Å²) in [5.74, 6) is 0.858. The minimum absolute atomic E-state index is 0.0421. The number of carbonyl (C=O) groups is 1. The molecule has 0 aromatic carbocycles. The summed E-state index contributed by atoms with van der Waals surface area (Å²) in [5, 5.41) is 2.97. The molecule has 4 nitrogen and oxygen atoms in total. The Morgan fingerprint density at radius 2 is 2.16 bits per heavy atom. The SMILES string of the molecule is CC1(C)CNC(=O)c2nc(C3=CCCCC3)[nH]c2C1. The van der Waals surface area contributed by atoms with Gasteiger partial charge in [-0.05, 0) is 43.1 Å². The molecule has 2 aliphatic rings. The molecular weight excluding hydrogens is 238 g/mol. The second kappa shape index (κ2) is 4.51. The van der Waals surface area contributed by atoms with E-state index in [-0.39, 0.29) is 11.3 Å².